The van der Waals surface area contributed by atoms with Crippen molar-refractivity contribution in [2.24, 2.45) is 10.2 Å². The van der Waals surface area contributed by atoms with Gasteiger partial charge in [0.25, 0.3) is 0 Å². The molecule has 0 amide bonds. The molecular formula is C23H27N5S. The van der Waals surface area contributed by atoms with Crippen LogP contribution in [-0.2, 0) is 6.54 Å². The third kappa shape index (κ3) is 3.91. The largest absolute Gasteiger partial charge is 0.362 e. The molecule has 2 saturated heterocycles. The van der Waals surface area contributed by atoms with Crippen molar-refractivity contribution in [1.82, 2.24) is 14.8 Å². The van der Waals surface area contributed by atoms with Crippen molar-refractivity contribution in [3.63, 3.8) is 0 Å². The summed E-state index contributed by atoms with van der Waals surface area (Å²) in [4.78, 5) is 2.60. The number of nitrogens with one attached hydrogen (secondary N) is 1. The van der Waals surface area contributed by atoms with Crippen LogP contribution in [0.4, 0.5) is 0 Å². The van der Waals surface area contributed by atoms with Gasteiger partial charge in [-0.25, -0.2) is 0 Å². The third-order valence-electron chi connectivity index (χ3n) is 5.85. The Bertz CT molecular complexity index is 1040. The van der Waals surface area contributed by atoms with Gasteiger partial charge in [0.2, 0.25) is 0 Å². The van der Waals surface area contributed by atoms with Crippen molar-refractivity contribution in [3.8, 4) is 0 Å². The minimum absolute atomic E-state index is 0.917. The molecule has 150 valence electrons. The maximum absolute atomic E-state index is 4.72. The molecule has 1 N–H and O–H groups in total. The van der Waals surface area contributed by atoms with E-state index in [9.17, 15) is 0 Å². The van der Waals surface area contributed by atoms with E-state index in [4.69, 9.17) is 5.10 Å². The van der Waals surface area contributed by atoms with Crippen LogP contribution in [0.1, 0.15) is 19.3 Å². The van der Waals surface area contributed by atoms with Crippen LogP contribution in [0.15, 0.2) is 58.7 Å². The highest BCUT2D eigenvalue weighted by Gasteiger charge is 2.13. The molecule has 0 spiro atoms. The Morgan fingerprint density at radius 3 is 2.17 bits per heavy atom. The maximum atomic E-state index is 4.72. The minimum atomic E-state index is 0.917. The molecule has 3 heterocycles. The number of nitrogens with zero attached hydrogens (tertiary/aromatic N) is 4. The Labute approximate surface area is 175 Å². The quantitative estimate of drug-likeness (QED) is 0.531. The number of para-hydroxylation sites is 2. The van der Waals surface area contributed by atoms with E-state index in [0.29, 0.717) is 0 Å². The number of benzene rings is 2. The van der Waals surface area contributed by atoms with Gasteiger partial charge in [-0.2, -0.15) is 0 Å². The van der Waals surface area contributed by atoms with Crippen LogP contribution in [-0.4, -0.2) is 46.6 Å². The zero-order chi connectivity index (χ0) is 19.5. The van der Waals surface area contributed by atoms with Gasteiger partial charge in [-0.1, -0.05) is 54.6 Å². The highest BCUT2D eigenvalue weighted by atomic mass is 32.2. The van der Waals surface area contributed by atoms with E-state index in [-0.39, 0.29) is 0 Å². The lowest BCUT2D eigenvalue weighted by atomic mass is 10.1. The number of hydrogen-bond donors (Lipinski definition) is 1. The minimum Gasteiger partial charge on any atom is -0.362 e. The summed E-state index contributed by atoms with van der Waals surface area (Å²) in [5.41, 5.74) is 2.46. The zero-order valence-electron chi connectivity index (χ0n) is 16.7. The molecule has 29 heavy (non-hydrogen) atoms. The summed E-state index contributed by atoms with van der Waals surface area (Å²) in [6.07, 6.45) is 4.04. The first-order chi connectivity index (χ1) is 14.4. The number of fused-ring (bicyclic) bond motifs is 2. The van der Waals surface area contributed by atoms with Crippen molar-refractivity contribution in [1.29, 1.82) is 0 Å². The first-order valence-corrected chi connectivity index (χ1v) is 11.6. The molecule has 2 aliphatic rings. The lowest BCUT2D eigenvalue weighted by Crippen LogP contribution is -2.33. The maximum Gasteiger partial charge on any atom is 0.183 e. The van der Waals surface area contributed by atoms with E-state index in [2.05, 4.69) is 68.4 Å². The molecule has 3 aromatic rings. The molecule has 0 unspecified atom stereocenters. The second kappa shape index (κ2) is 8.59. The Hall–Kier alpha value is -2.31. The molecule has 0 aliphatic carbocycles. The first kappa shape index (κ1) is 18.7. The van der Waals surface area contributed by atoms with Gasteiger partial charge >= 0.3 is 0 Å². The van der Waals surface area contributed by atoms with Gasteiger partial charge in [0.05, 0.1) is 11.0 Å². The van der Waals surface area contributed by atoms with E-state index >= 15 is 0 Å². The van der Waals surface area contributed by atoms with Crippen molar-refractivity contribution in [3.05, 3.63) is 53.9 Å². The molecule has 5 nitrogen and oxygen atoms in total. The number of rotatable bonds is 4. The first-order valence-electron chi connectivity index (χ1n) is 10.6. The Balaban J connectivity index is 1.64. The van der Waals surface area contributed by atoms with Crippen LogP contribution >= 0.6 is 11.8 Å². The summed E-state index contributed by atoms with van der Waals surface area (Å²) in [6, 6.07) is 17.2. The lowest BCUT2D eigenvalue weighted by Gasteiger charge is -2.27. The van der Waals surface area contributed by atoms with E-state index < -0.39 is 0 Å². The highest BCUT2D eigenvalue weighted by Crippen LogP contribution is 2.20. The predicted octanol–water partition coefficient (Wildman–Crippen LogP) is 3.79. The van der Waals surface area contributed by atoms with Crippen molar-refractivity contribution >= 4 is 38.7 Å². The van der Waals surface area contributed by atoms with Gasteiger partial charge in [0, 0.05) is 36.2 Å². The summed E-state index contributed by atoms with van der Waals surface area (Å²) in [5.74, 6) is 1.06. The second-order valence-corrected chi connectivity index (χ2v) is 8.80. The SMILES string of the molecule is c1ccc2c(c1)c(=NN=C1NCCS1)c1ccccc1n2CCN1CCCCC1. The topological polar surface area (TPSA) is 44.9 Å². The lowest BCUT2D eigenvalue weighted by molar-refractivity contribution is 0.222. The number of aromatic nitrogens is 1. The van der Waals surface area contributed by atoms with Gasteiger partial charge in [-0.05, 0) is 38.1 Å². The molecule has 0 bridgehead atoms. The van der Waals surface area contributed by atoms with Crippen LogP contribution in [0.3, 0.4) is 0 Å². The molecule has 2 fully saturated rings. The second-order valence-electron chi connectivity index (χ2n) is 7.72. The summed E-state index contributed by atoms with van der Waals surface area (Å²) < 4.78 is 2.47. The average Bonchev–Trinajstić information content (AvgIpc) is 3.30. The number of likely N-dealkylation sites (tertiary alicyclic amines) is 1. The van der Waals surface area contributed by atoms with Crippen LogP contribution in [0.2, 0.25) is 0 Å². The monoisotopic (exact) mass is 405 g/mol. The molecular weight excluding hydrogens is 378 g/mol. The fourth-order valence-corrected chi connectivity index (χ4v) is 5.08. The fourth-order valence-electron chi connectivity index (χ4n) is 4.38. The number of amidine groups is 1. The van der Waals surface area contributed by atoms with Gasteiger partial charge in [0.15, 0.2) is 5.17 Å². The Morgan fingerprint density at radius 1 is 0.828 bits per heavy atom. The van der Waals surface area contributed by atoms with E-state index in [1.54, 1.807) is 11.8 Å². The average molecular weight is 406 g/mol. The summed E-state index contributed by atoms with van der Waals surface area (Å²) in [6.45, 7) is 5.51. The summed E-state index contributed by atoms with van der Waals surface area (Å²) in [7, 11) is 0. The molecule has 0 radical (unpaired) electrons. The number of pyridine rings is 1. The number of hydrogen-bond acceptors (Lipinski definition) is 4. The number of thioether (sulfide) groups is 1. The van der Waals surface area contributed by atoms with Crippen LogP contribution in [0.25, 0.3) is 21.8 Å². The van der Waals surface area contributed by atoms with Gasteiger partial charge < -0.3 is 14.8 Å². The summed E-state index contributed by atoms with van der Waals surface area (Å²) in [5, 5.41) is 16.7. The number of piperidine rings is 1. The predicted molar refractivity (Wildman–Crippen MR) is 123 cm³/mol. The third-order valence-corrected chi connectivity index (χ3v) is 6.75. The van der Waals surface area contributed by atoms with Gasteiger partial charge in [-0.15, -0.1) is 10.2 Å². The molecule has 5 rings (SSSR count). The van der Waals surface area contributed by atoms with Crippen molar-refractivity contribution in [2.75, 3.05) is 31.9 Å². The molecule has 2 aromatic carbocycles. The molecule has 1 aromatic heterocycles. The molecule has 0 saturated carbocycles. The smallest absolute Gasteiger partial charge is 0.183 e. The van der Waals surface area contributed by atoms with E-state index in [1.807, 2.05) is 0 Å². The molecule has 6 heteroatoms. The zero-order valence-corrected chi connectivity index (χ0v) is 17.5. The molecule has 0 atom stereocenters. The fraction of sp³-hybridized carbons (Fsp3) is 0.391. The summed E-state index contributed by atoms with van der Waals surface area (Å²) >= 11 is 1.73. The Morgan fingerprint density at radius 2 is 1.52 bits per heavy atom. The standard InChI is InChI=1S/C23H27N5S/c1-6-13-27(14-7-1)15-16-28-20-10-4-2-8-18(20)22(19-9-3-5-11-21(19)28)25-26-23-24-12-17-29-23/h2-5,8-11H,1,6-7,12-17H2,(H,24,26). The van der Waals surface area contributed by atoms with Crippen molar-refractivity contribution in [2.45, 2.75) is 25.8 Å². The Kier molecular flexibility index (Phi) is 5.54. The van der Waals surface area contributed by atoms with E-state index in [1.165, 1.54) is 43.4 Å². The van der Waals surface area contributed by atoms with Crippen LogP contribution < -0.4 is 10.7 Å². The van der Waals surface area contributed by atoms with Crippen molar-refractivity contribution < 1.29 is 0 Å². The van der Waals surface area contributed by atoms with Crippen LogP contribution in [0.5, 0.6) is 0 Å². The van der Waals surface area contributed by atoms with Gasteiger partial charge in [0.1, 0.15) is 5.36 Å². The molecule has 2 aliphatic heterocycles. The van der Waals surface area contributed by atoms with E-state index in [0.717, 1.165) is 46.7 Å². The normalized spacial score (nSPS) is 19.1. The highest BCUT2D eigenvalue weighted by molar-refractivity contribution is 8.14. The van der Waals surface area contributed by atoms with Gasteiger partial charge in [-0.3, -0.25) is 0 Å². The van der Waals surface area contributed by atoms with Crippen LogP contribution in [0, 0.1) is 0 Å².